The van der Waals surface area contributed by atoms with Crippen LogP contribution in [0, 0.1) is 5.92 Å². The van der Waals surface area contributed by atoms with E-state index in [1.165, 1.54) is 0 Å². The van der Waals surface area contributed by atoms with Crippen LogP contribution in [0.1, 0.15) is 42.0 Å². The molecule has 0 spiro atoms. The lowest BCUT2D eigenvalue weighted by molar-refractivity contribution is -0.123. The zero-order valence-corrected chi connectivity index (χ0v) is 15.1. The van der Waals surface area contributed by atoms with Gasteiger partial charge in [0.2, 0.25) is 11.7 Å². The molecule has 1 fully saturated rings. The quantitative estimate of drug-likeness (QED) is 0.850. The number of nitrogens with two attached hydrogens (primary N) is 1. The van der Waals surface area contributed by atoms with Gasteiger partial charge in [-0.05, 0) is 31.9 Å². The third-order valence-corrected chi connectivity index (χ3v) is 4.89. The third-order valence-electron chi connectivity index (χ3n) is 4.64. The average molecular weight is 378 g/mol. The number of aliphatic hydroxyl groups excluding tert-OH is 1. The molecule has 2 heterocycles. The molecule has 1 aromatic heterocycles. The lowest BCUT2D eigenvalue weighted by Crippen LogP contribution is -2.41. The number of rotatable bonds is 4. The minimum Gasteiger partial charge on any atom is -0.388 e. The monoisotopic (exact) mass is 377 g/mol. The van der Waals surface area contributed by atoms with Gasteiger partial charge in [-0.2, -0.15) is 0 Å². The van der Waals surface area contributed by atoms with Gasteiger partial charge in [0, 0.05) is 29.6 Å². The molecule has 2 amide bonds. The molecule has 138 valence electrons. The number of piperidine rings is 1. The van der Waals surface area contributed by atoms with Crippen molar-refractivity contribution >= 4 is 23.4 Å². The number of hydrogen-bond donors (Lipinski definition) is 2. The fraction of sp³-hybridized carbons (Fsp3) is 0.389. The van der Waals surface area contributed by atoms with Gasteiger partial charge < -0.3 is 20.3 Å². The molecule has 26 heavy (non-hydrogen) atoms. The Balaban J connectivity index is 1.87. The molecule has 2 aromatic rings. The zero-order chi connectivity index (χ0) is 18.8. The van der Waals surface area contributed by atoms with Gasteiger partial charge in [0.1, 0.15) is 5.69 Å². The second-order valence-electron chi connectivity index (χ2n) is 6.43. The minimum atomic E-state index is -0.936. The molecule has 1 saturated heterocycles. The van der Waals surface area contributed by atoms with E-state index in [4.69, 9.17) is 21.9 Å². The van der Waals surface area contributed by atoms with Gasteiger partial charge in [-0.15, -0.1) is 0 Å². The van der Waals surface area contributed by atoms with Crippen molar-refractivity contribution < 1.29 is 19.2 Å². The fourth-order valence-corrected chi connectivity index (χ4v) is 3.29. The van der Waals surface area contributed by atoms with Crippen molar-refractivity contribution in [3.63, 3.8) is 0 Å². The molecular weight excluding hydrogens is 358 g/mol. The summed E-state index contributed by atoms with van der Waals surface area (Å²) in [5, 5.41) is 14.8. The summed E-state index contributed by atoms with van der Waals surface area (Å²) in [4.78, 5) is 25.7. The van der Waals surface area contributed by atoms with Crippen molar-refractivity contribution in [3.05, 3.63) is 40.6 Å². The summed E-state index contributed by atoms with van der Waals surface area (Å²) in [6.45, 7) is 2.37. The van der Waals surface area contributed by atoms with Gasteiger partial charge in [-0.3, -0.25) is 9.59 Å². The van der Waals surface area contributed by atoms with Crippen molar-refractivity contribution in [3.8, 4) is 11.3 Å². The highest BCUT2D eigenvalue weighted by atomic mass is 35.5. The first kappa shape index (κ1) is 18.4. The van der Waals surface area contributed by atoms with Crippen molar-refractivity contribution in [2.45, 2.75) is 25.9 Å². The van der Waals surface area contributed by atoms with Crippen LogP contribution in [-0.4, -0.2) is 40.1 Å². The van der Waals surface area contributed by atoms with E-state index in [-0.39, 0.29) is 23.5 Å². The molecule has 0 unspecified atom stereocenters. The van der Waals surface area contributed by atoms with E-state index >= 15 is 0 Å². The lowest BCUT2D eigenvalue weighted by atomic mass is 9.95. The highest BCUT2D eigenvalue weighted by molar-refractivity contribution is 6.30. The molecule has 7 nitrogen and oxygen atoms in total. The van der Waals surface area contributed by atoms with Gasteiger partial charge in [-0.25, -0.2) is 0 Å². The third kappa shape index (κ3) is 3.59. The van der Waals surface area contributed by atoms with Gasteiger partial charge in [0.25, 0.3) is 5.91 Å². The Kier molecular flexibility index (Phi) is 5.29. The molecule has 0 bridgehead atoms. The number of aromatic nitrogens is 1. The van der Waals surface area contributed by atoms with Crippen LogP contribution >= 0.6 is 11.6 Å². The number of aliphatic hydroxyl groups is 1. The van der Waals surface area contributed by atoms with Crippen molar-refractivity contribution in [1.29, 1.82) is 0 Å². The number of nitrogens with zero attached hydrogens (tertiary/aromatic N) is 2. The zero-order valence-electron chi connectivity index (χ0n) is 14.3. The topological polar surface area (TPSA) is 110 Å². The van der Waals surface area contributed by atoms with Crippen LogP contribution in [0.2, 0.25) is 5.02 Å². The number of hydrogen-bond acceptors (Lipinski definition) is 5. The second-order valence-corrected chi connectivity index (χ2v) is 6.86. The number of primary amides is 1. The molecule has 1 aromatic carbocycles. The predicted octanol–water partition coefficient (Wildman–Crippen LogP) is 2.39. The van der Waals surface area contributed by atoms with Crippen LogP contribution in [0.25, 0.3) is 11.3 Å². The van der Waals surface area contributed by atoms with Crippen LogP contribution in [0.3, 0.4) is 0 Å². The number of halogens is 1. The Morgan fingerprint density at radius 3 is 2.46 bits per heavy atom. The summed E-state index contributed by atoms with van der Waals surface area (Å²) < 4.78 is 5.31. The molecular formula is C18H20ClN3O4. The first-order chi connectivity index (χ1) is 12.4. The summed E-state index contributed by atoms with van der Waals surface area (Å²) in [6, 6.07) is 6.90. The van der Waals surface area contributed by atoms with Crippen LogP contribution in [0.4, 0.5) is 0 Å². The number of carbonyl (C=O) groups is 2. The Hall–Kier alpha value is -2.38. The molecule has 0 saturated carbocycles. The van der Waals surface area contributed by atoms with Crippen molar-refractivity contribution in [1.82, 2.24) is 10.1 Å². The first-order valence-electron chi connectivity index (χ1n) is 8.40. The molecule has 3 rings (SSSR count). The second kappa shape index (κ2) is 7.47. The minimum absolute atomic E-state index is 0.0162. The van der Waals surface area contributed by atoms with Gasteiger partial charge in [-0.1, -0.05) is 28.9 Å². The number of benzene rings is 1. The maximum absolute atomic E-state index is 12.8. The molecule has 3 N–H and O–H groups in total. The van der Waals surface area contributed by atoms with Crippen LogP contribution in [0.5, 0.6) is 0 Å². The van der Waals surface area contributed by atoms with E-state index in [0.29, 0.717) is 47.8 Å². The number of carbonyl (C=O) groups excluding carboxylic acids is 2. The molecule has 0 aliphatic carbocycles. The van der Waals surface area contributed by atoms with E-state index in [2.05, 4.69) is 5.16 Å². The van der Waals surface area contributed by atoms with Crippen LogP contribution in [-0.2, 0) is 4.79 Å². The summed E-state index contributed by atoms with van der Waals surface area (Å²) >= 11 is 5.91. The SMILES string of the molecule is C[C@H](O)c1c(-c2ccc(Cl)cc2)noc1C(=O)N1CCC(C(N)=O)CC1. The number of likely N-dealkylation sites (tertiary alicyclic amines) is 1. The largest absolute Gasteiger partial charge is 0.388 e. The van der Waals surface area contributed by atoms with Crippen molar-refractivity contribution in [2.75, 3.05) is 13.1 Å². The van der Waals surface area contributed by atoms with E-state index in [1.807, 2.05) is 0 Å². The summed E-state index contributed by atoms with van der Waals surface area (Å²) in [5.41, 5.74) is 6.77. The maximum Gasteiger partial charge on any atom is 0.292 e. The molecule has 1 aliphatic heterocycles. The number of amides is 2. The highest BCUT2D eigenvalue weighted by Crippen LogP contribution is 2.32. The van der Waals surface area contributed by atoms with Gasteiger partial charge >= 0.3 is 0 Å². The Bertz CT molecular complexity index is 808. The molecule has 8 heteroatoms. The van der Waals surface area contributed by atoms with Gasteiger partial charge in [0.15, 0.2) is 0 Å². The molecule has 0 radical (unpaired) electrons. The Morgan fingerprint density at radius 2 is 1.92 bits per heavy atom. The summed E-state index contributed by atoms with van der Waals surface area (Å²) in [5.74, 6) is -0.889. The highest BCUT2D eigenvalue weighted by Gasteiger charge is 2.32. The normalized spacial score (nSPS) is 16.5. The van der Waals surface area contributed by atoms with E-state index in [0.717, 1.165) is 0 Å². The van der Waals surface area contributed by atoms with E-state index < -0.39 is 6.10 Å². The Labute approximate surface area is 155 Å². The standard InChI is InChI=1S/C18H20ClN3O4/c1-10(23)14-15(11-2-4-13(19)5-3-11)21-26-16(14)18(25)22-8-6-12(7-9-22)17(20)24/h2-5,10,12,23H,6-9H2,1H3,(H2,20,24)/t10-/m0/s1. The Morgan fingerprint density at radius 1 is 1.31 bits per heavy atom. The molecule has 1 aliphatic rings. The first-order valence-corrected chi connectivity index (χ1v) is 8.78. The van der Waals surface area contributed by atoms with Crippen LogP contribution < -0.4 is 5.73 Å². The van der Waals surface area contributed by atoms with Crippen LogP contribution in [0.15, 0.2) is 28.8 Å². The maximum atomic E-state index is 12.8. The van der Waals surface area contributed by atoms with E-state index in [9.17, 15) is 14.7 Å². The van der Waals surface area contributed by atoms with Crippen molar-refractivity contribution in [2.24, 2.45) is 11.7 Å². The average Bonchev–Trinajstić information content (AvgIpc) is 3.07. The smallest absolute Gasteiger partial charge is 0.292 e. The fourth-order valence-electron chi connectivity index (χ4n) is 3.17. The van der Waals surface area contributed by atoms with Gasteiger partial charge in [0.05, 0.1) is 11.7 Å². The predicted molar refractivity (Wildman–Crippen MR) is 95.4 cm³/mol. The summed E-state index contributed by atoms with van der Waals surface area (Å²) in [7, 11) is 0. The molecule has 1 atom stereocenters. The summed E-state index contributed by atoms with van der Waals surface area (Å²) in [6.07, 6.45) is 0.0982. The lowest BCUT2D eigenvalue weighted by Gasteiger charge is -2.30. The van der Waals surface area contributed by atoms with E-state index in [1.54, 1.807) is 36.1 Å².